The number of hydrogen-bond acceptors (Lipinski definition) is 4. The molecule has 0 radical (unpaired) electrons. The topological polar surface area (TPSA) is 76.0 Å². The van der Waals surface area contributed by atoms with Crippen molar-refractivity contribution in [1.29, 1.82) is 5.26 Å². The monoisotopic (exact) mass is 269 g/mol. The van der Waals surface area contributed by atoms with Crippen LogP contribution >= 0.6 is 0 Å². The molecule has 0 bridgehead atoms. The number of halogens is 1. The van der Waals surface area contributed by atoms with E-state index in [0.29, 0.717) is 11.2 Å². The zero-order valence-corrected chi connectivity index (χ0v) is 10.2. The average Bonchev–Trinajstić information content (AvgIpc) is 2.78. The molecule has 0 saturated carbocycles. The van der Waals surface area contributed by atoms with Gasteiger partial charge in [0.1, 0.15) is 11.9 Å². The first kappa shape index (κ1) is 12.0. The lowest BCUT2D eigenvalue weighted by atomic mass is 10.1. The number of nitrogens with zero attached hydrogens (tertiary/aromatic N) is 5. The molecule has 0 amide bonds. The summed E-state index contributed by atoms with van der Waals surface area (Å²) in [5, 5.41) is 12.9. The van der Waals surface area contributed by atoms with Gasteiger partial charge in [-0.25, -0.2) is 18.3 Å². The Labute approximate surface area is 112 Å². The molecule has 3 aromatic rings. The molecule has 0 fully saturated rings. The molecule has 0 aliphatic carbocycles. The number of hydrogen-bond donors (Lipinski definition) is 0. The minimum Gasteiger partial charge on any atom is -0.259 e. The molecule has 0 aliphatic heterocycles. The van der Waals surface area contributed by atoms with Crippen LogP contribution in [0, 0.1) is 17.1 Å². The van der Waals surface area contributed by atoms with E-state index >= 15 is 0 Å². The molecule has 0 N–H and O–H groups in total. The first-order valence-electron chi connectivity index (χ1n) is 5.77. The Kier molecular flexibility index (Phi) is 2.76. The summed E-state index contributed by atoms with van der Waals surface area (Å²) in [6.07, 6.45) is 4.49. The van der Waals surface area contributed by atoms with E-state index in [1.165, 1.54) is 45.9 Å². The van der Waals surface area contributed by atoms with Crippen molar-refractivity contribution in [2.75, 3.05) is 0 Å². The van der Waals surface area contributed by atoms with E-state index in [2.05, 4.69) is 10.1 Å². The first-order chi connectivity index (χ1) is 9.69. The molecule has 0 atom stereocenters. The Morgan fingerprint density at radius 1 is 1.40 bits per heavy atom. The Bertz CT molecular complexity index is 890. The normalized spacial score (nSPS) is 10.6. The number of aromatic nitrogens is 4. The lowest BCUT2D eigenvalue weighted by Gasteiger charge is -2.01. The van der Waals surface area contributed by atoms with Crippen LogP contribution < -0.4 is 5.69 Å². The van der Waals surface area contributed by atoms with Gasteiger partial charge >= 0.3 is 5.69 Å². The first-order valence-corrected chi connectivity index (χ1v) is 5.77. The van der Waals surface area contributed by atoms with E-state index in [0.717, 1.165) is 0 Å². The van der Waals surface area contributed by atoms with Crippen molar-refractivity contribution in [3.63, 3.8) is 0 Å². The van der Waals surface area contributed by atoms with Crippen LogP contribution in [0.5, 0.6) is 0 Å². The lowest BCUT2D eigenvalue weighted by Crippen LogP contribution is -2.21. The number of benzene rings is 1. The van der Waals surface area contributed by atoms with Crippen molar-refractivity contribution < 1.29 is 4.39 Å². The quantitative estimate of drug-likeness (QED) is 0.694. The predicted octanol–water partition coefficient (Wildman–Crippen LogP) is 0.950. The number of rotatable bonds is 2. The smallest absolute Gasteiger partial charge is 0.259 e. The largest absolute Gasteiger partial charge is 0.350 e. The van der Waals surface area contributed by atoms with Crippen LogP contribution in [-0.2, 0) is 6.54 Å². The highest BCUT2D eigenvalue weighted by Crippen LogP contribution is 2.10. The summed E-state index contributed by atoms with van der Waals surface area (Å²) >= 11 is 0. The molecule has 2 heterocycles. The van der Waals surface area contributed by atoms with Crippen LogP contribution in [0.2, 0.25) is 0 Å². The highest BCUT2D eigenvalue weighted by Gasteiger charge is 2.08. The van der Waals surface area contributed by atoms with Crippen LogP contribution in [0.25, 0.3) is 5.65 Å². The zero-order valence-electron chi connectivity index (χ0n) is 10.2. The third-order valence-electron chi connectivity index (χ3n) is 2.87. The fraction of sp³-hybridized carbons (Fsp3) is 0.0769. The van der Waals surface area contributed by atoms with Gasteiger partial charge in [-0.1, -0.05) is 6.07 Å². The molecule has 6 nitrogen and oxygen atoms in total. The summed E-state index contributed by atoms with van der Waals surface area (Å²) in [4.78, 5) is 15.9. The second-order valence-corrected chi connectivity index (χ2v) is 4.17. The Hall–Kier alpha value is -3.01. The average molecular weight is 269 g/mol. The molecular formula is C13H8FN5O. The molecule has 0 saturated heterocycles. The third kappa shape index (κ3) is 1.93. The fourth-order valence-corrected chi connectivity index (χ4v) is 1.91. The van der Waals surface area contributed by atoms with E-state index < -0.39 is 5.82 Å². The molecule has 7 heteroatoms. The van der Waals surface area contributed by atoms with Gasteiger partial charge in [-0.3, -0.25) is 4.98 Å². The summed E-state index contributed by atoms with van der Waals surface area (Å²) in [6, 6.07) is 5.89. The van der Waals surface area contributed by atoms with Crippen LogP contribution in [0.4, 0.5) is 4.39 Å². The van der Waals surface area contributed by atoms with Crippen LogP contribution in [0.15, 0.2) is 41.6 Å². The molecule has 0 unspecified atom stereocenters. The van der Waals surface area contributed by atoms with Gasteiger partial charge in [0.2, 0.25) is 0 Å². The Balaban J connectivity index is 2.04. The minimum atomic E-state index is -0.581. The van der Waals surface area contributed by atoms with Crippen molar-refractivity contribution >= 4 is 5.65 Å². The van der Waals surface area contributed by atoms with Crippen molar-refractivity contribution in [1.82, 2.24) is 19.2 Å². The van der Waals surface area contributed by atoms with Gasteiger partial charge in [0, 0.05) is 12.4 Å². The van der Waals surface area contributed by atoms with Crippen molar-refractivity contribution in [2.45, 2.75) is 6.54 Å². The molecule has 20 heavy (non-hydrogen) atoms. The molecule has 1 aromatic carbocycles. The van der Waals surface area contributed by atoms with Gasteiger partial charge in [0.05, 0.1) is 18.3 Å². The summed E-state index contributed by atoms with van der Waals surface area (Å²) in [6.45, 7) is 0.162. The van der Waals surface area contributed by atoms with E-state index in [1.54, 1.807) is 6.07 Å². The van der Waals surface area contributed by atoms with Crippen LogP contribution in [0.3, 0.4) is 0 Å². The summed E-state index contributed by atoms with van der Waals surface area (Å²) in [7, 11) is 0. The second kappa shape index (κ2) is 4.59. The van der Waals surface area contributed by atoms with Crippen LogP contribution in [0.1, 0.15) is 11.1 Å². The number of nitriles is 1. The SMILES string of the molecule is N#Cc1cc(Cn2nc3cnccn3c2=O)ccc1F. The van der Waals surface area contributed by atoms with E-state index in [4.69, 9.17) is 5.26 Å². The maximum absolute atomic E-state index is 13.2. The Morgan fingerprint density at radius 3 is 3.00 bits per heavy atom. The number of fused-ring (bicyclic) bond motifs is 1. The molecule has 2 aromatic heterocycles. The van der Waals surface area contributed by atoms with E-state index in [-0.39, 0.29) is 17.8 Å². The van der Waals surface area contributed by atoms with E-state index in [1.807, 2.05) is 0 Å². The van der Waals surface area contributed by atoms with E-state index in [9.17, 15) is 9.18 Å². The molecular weight excluding hydrogens is 261 g/mol. The summed E-state index contributed by atoms with van der Waals surface area (Å²) < 4.78 is 15.8. The second-order valence-electron chi connectivity index (χ2n) is 4.17. The van der Waals surface area contributed by atoms with Crippen LogP contribution in [-0.4, -0.2) is 19.2 Å². The van der Waals surface area contributed by atoms with Crippen molar-refractivity contribution in [2.24, 2.45) is 0 Å². The maximum atomic E-state index is 13.2. The maximum Gasteiger partial charge on any atom is 0.350 e. The summed E-state index contributed by atoms with van der Waals surface area (Å²) in [5.41, 5.74) is 0.688. The van der Waals surface area contributed by atoms with Gasteiger partial charge in [0.25, 0.3) is 0 Å². The van der Waals surface area contributed by atoms with Gasteiger partial charge in [-0.15, -0.1) is 5.10 Å². The molecule has 3 rings (SSSR count). The van der Waals surface area contributed by atoms with Crippen molar-refractivity contribution in [3.8, 4) is 6.07 Å². The Morgan fingerprint density at radius 2 is 2.25 bits per heavy atom. The highest BCUT2D eigenvalue weighted by molar-refractivity contribution is 5.35. The minimum absolute atomic E-state index is 0.0546. The standard InChI is InChI=1S/C13H8FN5O/c14-11-2-1-9(5-10(11)6-15)8-19-13(20)18-4-3-16-7-12(18)17-19/h1-5,7H,8H2. The van der Waals surface area contributed by atoms with Gasteiger partial charge in [-0.05, 0) is 17.7 Å². The van der Waals surface area contributed by atoms with Gasteiger partial charge in [0.15, 0.2) is 5.65 Å². The third-order valence-corrected chi connectivity index (χ3v) is 2.87. The molecule has 0 spiro atoms. The predicted molar refractivity (Wildman–Crippen MR) is 67.5 cm³/mol. The van der Waals surface area contributed by atoms with Crippen molar-refractivity contribution in [3.05, 3.63) is 64.2 Å². The fourth-order valence-electron chi connectivity index (χ4n) is 1.91. The molecule has 0 aliphatic rings. The highest BCUT2D eigenvalue weighted by atomic mass is 19.1. The zero-order chi connectivity index (χ0) is 14.1. The summed E-state index contributed by atoms with van der Waals surface area (Å²) in [5.74, 6) is -0.581. The van der Waals surface area contributed by atoms with Gasteiger partial charge < -0.3 is 0 Å². The molecule has 98 valence electrons. The lowest BCUT2D eigenvalue weighted by molar-refractivity contribution is 0.618. The van der Waals surface area contributed by atoms with Gasteiger partial charge in [-0.2, -0.15) is 5.26 Å².